The minimum atomic E-state index is -0.105. The molecule has 1 aromatic heterocycles. The first-order valence-corrected chi connectivity index (χ1v) is 10.9. The number of nitrogens with one attached hydrogen (secondary N) is 3. The highest BCUT2D eigenvalue weighted by Crippen LogP contribution is 2.24. The van der Waals surface area contributed by atoms with E-state index in [1.54, 1.807) is 19.4 Å². The number of amides is 1. The number of hydrogen-bond donors (Lipinski definition) is 3. The number of carbonyl (C=O) groups excluding carboxylic acids is 1. The van der Waals surface area contributed by atoms with Gasteiger partial charge in [-0.25, -0.2) is 0 Å². The van der Waals surface area contributed by atoms with E-state index in [9.17, 15) is 4.79 Å². The number of furan rings is 1. The maximum absolute atomic E-state index is 11.2. The topological polar surface area (TPSA) is 91.1 Å². The summed E-state index contributed by atoms with van der Waals surface area (Å²) in [5, 5.41) is 9.46. The maximum Gasteiger partial charge on any atom is 0.221 e. The molecule has 0 saturated carbocycles. The van der Waals surface area contributed by atoms with Crippen LogP contribution in [0.15, 0.2) is 52.1 Å². The third-order valence-corrected chi connectivity index (χ3v) is 5.21. The second kappa shape index (κ2) is 12.0. The molecule has 2 aromatic rings. The van der Waals surface area contributed by atoms with Gasteiger partial charge in [0, 0.05) is 32.3 Å². The number of aliphatic imine (C=N–C) groups is 1. The smallest absolute Gasteiger partial charge is 0.221 e. The normalized spacial score (nSPS) is 15.9. The van der Waals surface area contributed by atoms with E-state index in [1.165, 1.54) is 26.2 Å². The van der Waals surface area contributed by atoms with Gasteiger partial charge in [0.05, 0.1) is 18.8 Å². The number of nitrogens with zero attached hydrogens (tertiary/aromatic N) is 2. The SMILES string of the molecule is CN=C(NCCOc1cccc(NC(C)=O)c1)NCC(c1ccco1)N1CCCCC1. The Balaban J connectivity index is 1.45. The average molecular weight is 428 g/mol. The molecule has 3 N–H and O–H groups in total. The monoisotopic (exact) mass is 427 g/mol. The zero-order valence-corrected chi connectivity index (χ0v) is 18.4. The van der Waals surface area contributed by atoms with Gasteiger partial charge < -0.3 is 25.1 Å². The lowest BCUT2D eigenvalue weighted by atomic mass is 10.1. The predicted molar refractivity (Wildman–Crippen MR) is 122 cm³/mol. The molecule has 3 rings (SSSR count). The van der Waals surface area contributed by atoms with Crippen LogP contribution in [0.25, 0.3) is 0 Å². The molecular formula is C23H33N5O3. The number of piperidine rings is 1. The molecule has 1 amide bonds. The largest absolute Gasteiger partial charge is 0.492 e. The van der Waals surface area contributed by atoms with Gasteiger partial charge in [0.25, 0.3) is 0 Å². The molecule has 1 fully saturated rings. The Kier molecular flexibility index (Phi) is 8.78. The molecule has 8 heteroatoms. The highest BCUT2D eigenvalue weighted by Gasteiger charge is 2.24. The molecule has 168 valence electrons. The van der Waals surface area contributed by atoms with Gasteiger partial charge in [-0.05, 0) is 50.2 Å². The summed E-state index contributed by atoms with van der Waals surface area (Å²) in [5.74, 6) is 2.31. The van der Waals surface area contributed by atoms with Gasteiger partial charge in [0.15, 0.2) is 5.96 Å². The molecule has 1 saturated heterocycles. The standard InChI is InChI=1S/C23H33N5O3/c1-18(29)27-19-8-6-9-20(16-19)30-15-11-25-23(24-2)26-17-21(22-10-7-14-31-22)28-12-4-3-5-13-28/h6-10,14,16,21H,3-5,11-13,15,17H2,1-2H3,(H,27,29)(H2,24,25,26). The Morgan fingerprint density at radius 1 is 1.19 bits per heavy atom. The predicted octanol–water partition coefficient (Wildman–Crippen LogP) is 3.01. The van der Waals surface area contributed by atoms with Crippen LogP contribution in [-0.4, -0.2) is 56.6 Å². The first kappa shape index (κ1) is 22.7. The molecule has 1 atom stereocenters. The van der Waals surface area contributed by atoms with Crippen molar-refractivity contribution in [2.24, 2.45) is 4.99 Å². The third kappa shape index (κ3) is 7.32. The molecular weight excluding hydrogens is 394 g/mol. The number of ether oxygens (including phenoxy) is 1. The van der Waals surface area contributed by atoms with E-state index in [-0.39, 0.29) is 11.9 Å². The molecule has 31 heavy (non-hydrogen) atoms. The zero-order chi connectivity index (χ0) is 21.9. The second-order valence-electron chi connectivity index (χ2n) is 7.57. The highest BCUT2D eigenvalue weighted by molar-refractivity contribution is 5.88. The Bertz CT molecular complexity index is 831. The van der Waals surface area contributed by atoms with E-state index in [2.05, 4.69) is 25.8 Å². The van der Waals surface area contributed by atoms with Crippen molar-refractivity contribution in [2.45, 2.75) is 32.2 Å². The Morgan fingerprint density at radius 2 is 2.03 bits per heavy atom. The van der Waals surface area contributed by atoms with Gasteiger partial charge in [0.2, 0.25) is 5.91 Å². The van der Waals surface area contributed by atoms with Crippen LogP contribution in [0.2, 0.25) is 0 Å². The number of carbonyl (C=O) groups is 1. The van der Waals surface area contributed by atoms with E-state index in [1.807, 2.05) is 30.3 Å². The fraction of sp³-hybridized carbons (Fsp3) is 0.478. The van der Waals surface area contributed by atoms with Crippen LogP contribution in [0.3, 0.4) is 0 Å². The van der Waals surface area contributed by atoms with Gasteiger partial charge in [-0.15, -0.1) is 0 Å². The quantitative estimate of drug-likeness (QED) is 0.324. The van der Waals surface area contributed by atoms with Gasteiger partial charge in [-0.3, -0.25) is 14.7 Å². The Labute approximate surface area is 184 Å². The molecule has 0 aliphatic carbocycles. The van der Waals surface area contributed by atoms with Crippen molar-refractivity contribution in [1.29, 1.82) is 0 Å². The molecule has 1 aliphatic heterocycles. The minimum absolute atomic E-state index is 0.105. The Hall–Kier alpha value is -3.00. The molecule has 1 aromatic carbocycles. The number of anilines is 1. The van der Waals surface area contributed by atoms with Crippen LogP contribution in [0.1, 0.15) is 38.0 Å². The summed E-state index contributed by atoms with van der Waals surface area (Å²) in [6, 6.07) is 11.5. The van der Waals surface area contributed by atoms with Crippen LogP contribution < -0.4 is 20.7 Å². The summed E-state index contributed by atoms with van der Waals surface area (Å²) in [6.45, 7) is 5.44. The van der Waals surface area contributed by atoms with E-state index in [4.69, 9.17) is 9.15 Å². The van der Waals surface area contributed by atoms with Crippen molar-refractivity contribution in [3.8, 4) is 5.75 Å². The lowest BCUT2D eigenvalue weighted by Crippen LogP contribution is -2.45. The highest BCUT2D eigenvalue weighted by atomic mass is 16.5. The van der Waals surface area contributed by atoms with E-state index in [0.29, 0.717) is 25.4 Å². The van der Waals surface area contributed by atoms with Crippen molar-refractivity contribution in [1.82, 2.24) is 15.5 Å². The van der Waals surface area contributed by atoms with Gasteiger partial charge in [0.1, 0.15) is 18.1 Å². The van der Waals surface area contributed by atoms with Crippen LogP contribution >= 0.6 is 0 Å². The molecule has 8 nitrogen and oxygen atoms in total. The number of hydrogen-bond acceptors (Lipinski definition) is 5. The molecule has 1 unspecified atom stereocenters. The Morgan fingerprint density at radius 3 is 2.74 bits per heavy atom. The van der Waals surface area contributed by atoms with Gasteiger partial charge in [-0.1, -0.05) is 12.5 Å². The number of rotatable bonds is 9. The van der Waals surface area contributed by atoms with E-state index >= 15 is 0 Å². The number of benzene rings is 1. The van der Waals surface area contributed by atoms with Gasteiger partial charge >= 0.3 is 0 Å². The lowest BCUT2D eigenvalue weighted by Gasteiger charge is -2.33. The fourth-order valence-corrected chi connectivity index (χ4v) is 3.74. The molecule has 1 aliphatic rings. The molecule has 0 bridgehead atoms. The molecule has 0 radical (unpaired) electrons. The average Bonchev–Trinajstić information content (AvgIpc) is 3.30. The minimum Gasteiger partial charge on any atom is -0.492 e. The van der Waals surface area contributed by atoms with E-state index in [0.717, 1.165) is 30.5 Å². The summed E-state index contributed by atoms with van der Waals surface area (Å²) < 4.78 is 11.5. The molecule has 2 heterocycles. The van der Waals surface area contributed by atoms with Crippen molar-refractivity contribution >= 4 is 17.6 Å². The second-order valence-corrected chi connectivity index (χ2v) is 7.57. The summed E-state index contributed by atoms with van der Waals surface area (Å²) in [6.07, 6.45) is 5.48. The summed E-state index contributed by atoms with van der Waals surface area (Å²) >= 11 is 0. The van der Waals surface area contributed by atoms with Crippen molar-refractivity contribution < 1.29 is 13.9 Å². The summed E-state index contributed by atoms with van der Waals surface area (Å²) in [5.41, 5.74) is 0.720. The molecule has 0 spiro atoms. The van der Waals surface area contributed by atoms with E-state index < -0.39 is 0 Å². The number of likely N-dealkylation sites (tertiary alicyclic amines) is 1. The zero-order valence-electron chi connectivity index (χ0n) is 18.4. The maximum atomic E-state index is 11.2. The van der Waals surface area contributed by atoms with Crippen LogP contribution in [0.4, 0.5) is 5.69 Å². The first-order valence-electron chi connectivity index (χ1n) is 10.9. The summed E-state index contributed by atoms with van der Waals surface area (Å²) in [4.78, 5) is 18.0. The van der Waals surface area contributed by atoms with Crippen molar-refractivity contribution in [3.63, 3.8) is 0 Å². The third-order valence-electron chi connectivity index (χ3n) is 5.21. The lowest BCUT2D eigenvalue weighted by molar-refractivity contribution is -0.114. The van der Waals surface area contributed by atoms with Crippen molar-refractivity contribution in [3.05, 3.63) is 48.4 Å². The van der Waals surface area contributed by atoms with Crippen LogP contribution in [0, 0.1) is 0 Å². The van der Waals surface area contributed by atoms with Crippen molar-refractivity contribution in [2.75, 3.05) is 45.2 Å². The van der Waals surface area contributed by atoms with Crippen LogP contribution in [0.5, 0.6) is 5.75 Å². The summed E-state index contributed by atoms with van der Waals surface area (Å²) in [7, 11) is 1.76. The number of guanidine groups is 1. The fourth-order valence-electron chi connectivity index (χ4n) is 3.74. The van der Waals surface area contributed by atoms with Gasteiger partial charge in [-0.2, -0.15) is 0 Å². The van der Waals surface area contributed by atoms with Crippen LogP contribution in [-0.2, 0) is 4.79 Å². The first-order chi connectivity index (χ1) is 15.2.